The van der Waals surface area contributed by atoms with Crippen LogP contribution in [0, 0.1) is 0 Å². The van der Waals surface area contributed by atoms with Gasteiger partial charge in [0.05, 0.1) is 16.9 Å². The number of rotatable bonds is 12. The number of carbonyl (C=O) groups excluding carboxylic acids is 1. The van der Waals surface area contributed by atoms with Crippen LogP contribution in [0.3, 0.4) is 0 Å². The Balaban J connectivity index is 0.000000459. The Morgan fingerprint density at radius 1 is 0.725 bits per heavy atom. The third-order valence-electron chi connectivity index (χ3n) is 5.83. The average molecular weight is 699 g/mol. The lowest BCUT2D eigenvalue weighted by atomic mass is 10.1. The summed E-state index contributed by atoms with van der Waals surface area (Å²) < 4.78 is 26.5. The summed E-state index contributed by atoms with van der Waals surface area (Å²) in [5, 5.41) is 19.2. The minimum Gasteiger partial charge on any atom is -0.508 e. The second-order valence-electron chi connectivity index (χ2n) is 9.01. The summed E-state index contributed by atoms with van der Waals surface area (Å²) in [7, 11) is -2.87. The lowest BCUT2D eigenvalue weighted by Gasteiger charge is -2.20. The molecule has 0 saturated heterocycles. The average Bonchev–Trinajstić information content (AvgIpc) is 2.86. The van der Waals surface area contributed by atoms with E-state index in [1.807, 2.05) is 0 Å². The molecule has 0 aliphatic carbocycles. The van der Waals surface area contributed by atoms with Gasteiger partial charge in [-0.25, -0.2) is 8.42 Å². The summed E-state index contributed by atoms with van der Waals surface area (Å²) in [6, 6.07) is 6.38. The van der Waals surface area contributed by atoms with Crippen LogP contribution in [0.1, 0.15) is 82.3 Å². The van der Waals surface area contributed by atoms with Crippen molar-refractivity contribution in [2.45, 2.75) is 88.5 Å². The minimum atomic E-state index is -4.33. The van der Waals surface area contributed by atoms with Gasteiger partial charge in [-0.2, -0.15) is 0 Å². The number of ether oxygens (including phenoxy) is 1. The fourth-order valence-corrected chi connectivity index (χ4v) is 6.76. The van der Waals surface area contributed by atoms with Crippen LogP contribution < -0.4 is 0 Å². The summed E-state index contributed by atoms with van der Waals surface area (Å²) >= 11 is 34.9. The molecule has 0 spiro atoms. The number of methoxy groups -OCH3 is 1. The fourth-order valence-electron chi connectivity index (χ4n) is 3.75. The molecule has 0 atom stereocenters. The van der Waals surface area contributed by atoms with E-state index in [9.17, 15) is 23.4 Å². The number of aromatic hydroxyl groups is 2. The smallest absolute Gasteiger partial charge is 0.305 e. The molecule has 2 aromatic carbocycles. The Kier molecular flexibility index (Phi) is 16.1. The molecule has 0 saturated carbocycles. The van der Waals surface area contributed by atoms with Crippen molar-refractivity contribution < 1.29 is 28.2 Å². The molecule has 0 amide bonds. The highest BCUT2D eigenvalue weighted by Gasteiger charge is 2.37. The molecular formula is C27H34Cl6O6S. The number of hydrogen-bond acceptors (Lipinski definition) is 6. The first-order valence-corrected chi connectivity index (χ1v) is 16.4. The standard InChI is InChI=1S/C14H8Cl6O4S.C13H26O2/c15-13(16,17)9-5-7(21)1-3-11(9)25(23,24)12-4-2-8(22)6-10(12)14(18,19)20;1-3-4-5-6-7-8-9-10-11-12-13(14)15-2/h1-6,21-22H;3-12H2,1-2H3. The van der Waals surface area contributed by atoms with Gasteiger partial charge in [0.1, 0.15) is 11.5 Å². The molecule has 13 heteroatoms. The van der Waals surface area contributed by atoms with Crippen molar-refractivity contribution in [3.8, 4) is 11.5 Å². The predicted molar refractivity (Wildman–Crippen MR) is 164 cm³/mol. The van der Waals surface area contributed by atoms with E-state index in [-0.39, 0.29) is 28.6 Å². The first-order valence-electron chi connectivity index (χ1n) is 12.7. The number of phenolic OH excluding ortho intramolecular Hbond substituents is 2. The van der Waals surface area contributed by atoms with Crippen LogP contribution in [0.5, 0.6) is 11.5 Å². The Bertz CT molecular complexity index is 1120. The number of unbranched alkanes of at least 4 members (excludes halogenated alkanes) is 8. The molecular weight excluding hydrogens is 665 g/mol. The third kappa shape index (κ3) is 12.6. The molecule has 2 N–H and O–H groups in total. The highest BCUT2D eigenvalue weighted by Crippen LogP contribution is 2.47. The van der Waals surface area contributed by atoms with Gasteiger partial charge in [-0.05, 0) is 42.8 Å². The normalized spacial score (nSPS) is 12.0. The van der Waals surface area contributed by atoms with Crippen molar-refractivity contribution in [1.29, 1.82) is 0 Å². The van der Waals surface area contributed by atoms with Crippen LogP contribution >= 0.6 is 69.6 Å². The zero-order chi connectivity index (χ0) is 30.6. The van der Waals surface area contributed by atoms with Gasteiger partial charge in [-0.1, -0.05) is 128 Å². The van der Waals surface area contributed by atoms with Gasteiger partial charge in [0.2, 0.25) is 17.4 Å². The topological polar surface area (TPSA) is 101 Å². The van der Waals surface area contributed by atoms with E-state index < -0.39 is 27.2 Å². The molecule has 2 rings (SSSR count). The van der Waals surface area contributed by atoms with Gasteiger partial charge >= 0.3 is 5.97 Å². The van der Waals surface area contributed by atoms with E-state index in [0.717, 1.165) is 42.8 Å². The number of benzene rings is 2. The molecule has 0 heterocycles. The van der Waals surface area contributed by atoms with Crippen LogP contribution in [-0.4, -0.2) is 31.7 Å². The first-order chi connectivity index (χ1) is 18.6. The molecule has 0 bridgehead atoms. The van der Waals surface area contributed by atoms with Gasteiger partial charge in [-0.15, -0.1) is 0 Å². The van der Waals surface area contributed by atoms with Crippen LogP contribution in [0.2, 0.25) is 0 Å². The van der Waals surface area contributed by atoms with Crippen molar-refractivity contribution >= 4 is 85.4 Å². The molecule has 2 aromatic rings. The lowest BCUT2D eigenvalue weighted by Crippen LogP contribution is -2.15. The number of esters is 1. The molecule has 0 aliphatic rings. The molecule has 0 radical (unpaired) electrons. The second-order valence-corrected chi connectivity index (χ2v) is 15.5. The van der Waals surface area contributed by atoms with Crippen molar-refractivity contribution in [1.82, 2.24) is 0 Å². The van der Waals surface area contributed by atoms with Crippen LogP contribution in [0.25, 0.3) is 0 Å². The highest BCUT2D eigenvalue weighted by molar-refractivity contribution is 7.91. The molecule has 40 heavy (non-hydrogen) atoms. The summed E-state index contributed by atoms with van der Waals surface area (Å²) in [4.78, 5) is 10.0. The van der Waals surface area contributed by atoms with Crippen molar-refractivity contribution in [3.63, 3.8) is 0 Å². The van der Waals surface area contributed by atoms with E-state index in [0.29, 0.717) is 6.42 Å². The van der Waals surface area contributed by atoms with E-state index in [2.05, 4.69) is 11.7 Å². The minimum absolute atomic E-state index is 0.0713. The fraction of sp³-hybridized carbons (Fsp3) is 0.519. The van der Waals surface area contributed by atoms with Crippen LogP contribution in [0.15, 0.2) is 46.2 Å². The molecule has 226 valence electrons. The molecule has 0 aromatic heterocycles. The Morgan fingerprint density at radius 2 is 1.10 bits per heavy atom. The van der Waals surface area contributed by atoms with Crippen LogP contribution in [0.4, 0.5) is 0 Å². The maximum atomic E-state index is 13.1. The first kappa shape index (κ1) is 37.2. The Labute approximate surface area is 266 Å². The number of halogens is 6. The van der Waals surface area contributed by atoms with Crippen molar-refractivity contribution in [2.75, 3.05) is 7.11 Å². The highest BCUT2D eigenvalue weighted by atomic mass is 35.6. The van der Waals surface area contributed by atoms with E-state index in [4.69, 9.17) is 69.6 Å². The zero-order valence-electron chi connectivity index (χ0n) is 22.2. The predicted octanol–water partition coefficient (Wildman–Crippen LogP) is 9.66. The van der Waals surface area contributed by atoms with E-state index in [1.54, 1.807) is 0 Å². The number of phenols is 2. The Morgan fingerprint density at radius 3 is 1.45 bits per heavy atom. The second kappa shape index (κ2) is 17.3. The zero-order valence-corrected chi connectivity index (χ0v) is 27.6. The summed E-state index contributed by atoms with van der Waals surface area (Å²) in [6.07, 6.45) is 12.2. The molecule has 0 fully saturated rings. The van der Waals surface area contributed by atoms with Gasteiger partial charge < -0.3 is 14.9 Å². The number of carbonyl (C=O) groups is 1. The maximum Gasteiger partial charge on any atom is 0.305 e. The third-order valence-corrected chi connectivity index (χ3v) is 8.92. The summed E-state index contributed by atoms with van der Waals surface area (Å²) in [5.74, 6) is -0.668. The summed E-state index contributed by atoms with van der Waals surface area (Å²) in [5.41, 5.74) is -0.554. The monoisotopic (exact) mass is 696 g/mol. The van der Waals surface area contributed by atoms with Gasteiger partial charge in [0.15, 0.2) is 0 Å². The van der Waals surface area contributed by atoms with Gasteiger partial charge in [0.25, 0.3) is 0 Å². The number of sulfone groups is 1. The largest absolute Gasteiger partial charge is 0.508 e. The number of alkyl halides is 6. The maximum absolute atomic E-state index is 13.1. The molecule has 0 aliphatic heterocycles. The van der Waals surface area contributed by atoms with Gasteiger partial charge in [-0.3, -0.25) is 4.79 Å². The SMILES string of the molecule is CCCCCCCCCCCC(=O)OC.O=S(=O)(c1ccc(O)cc1C(Cl)(Cl)Cl)c1ccc(O)cc1C(Cl)(Cl)Cl. The molecule has 6 nitrogen and oxygen atoms in total. The molecule has 0 unspecified atom stereocenters. The van der Waals surface area contributed by atoms with Crippen LogP contribution in [-0.2, 0) is 27.0 Å². The quantitative estimate of drug-likeness (QED) is 0.130. The van der Waals surface area contributed by atoms with E-state index in [1.165, 1.54) is 58.5 Å². The Hall–Kier alpha value is -0.800. The van der Waals surface area contributed by atoms with Crippen molar-refractivity contribution in [3.05, 3.63) is 47.5 Å². The van der Waals surface area contributed by atoms with E-state index >= 15 is 0 Å². The number of hydrogen-bond donors (Lipinski definition) is 2. The summed E-state index contributed by atoms with van der Waals surface area (Å²) in [6.45, 7) is 2.24. The lowest BCUT2D eigenvalue weighted by molar-refractivity contribution is -0.140. The van der Waals surface area contributed by atoms with Gasteiger partial charge in [0, 0.05) is 17.5 Å². The van der Waals surface area contributed by atoms with Crippen molar-refractivity contribution in [2.24, 2.45) is 0 Å².